The lowest BCUT2D eigenvalue weighted by Gasteiger charge is -2.27. The van der Waals surface area contributed by atoms with E-state index < -0.39 is 23.9 Å². The Labute approximate surface area is 165 Å². The van der Waals surface area contributed by atoms with E-state index in [4.69, 9.17) is 9.47 Å². The minimum Gasteiger partial charge on any atom is -0.386 e. The van der Waals surface area contributed by atoms with E-state index in [1.165, 1.54) is 0 Å². The van der Waals surface area contributed by atoms with E-state index in [0.717, 1.165) is 44.9 Å². The van der Waals surface area contributed by atoms with Gasteiger partial charge in [-0.05, 0) is 43.9 Å². The second kappa shape index (κ2) is 8.84. The number of hydrogen-bond acceptors (Lipinski definition) is 6. The Bertz CT molecular complexity index is 757. The summed E-state index contributed by atoms with van der Waals surface area (Å²) < 4.78 is 9.81. The lowest BCUT2D eigenvalue weighted by Crippen LogP contribution is -2.23. The molecule has 2 heterocycles. The summed E-state index contributed by atoms with van der Waals surface area (Å²) in [6.45, 7) is 4.21. The van der Waals surface area contributed by atoms with Crippen LogP contribution in [0.5, 0.6) is 0 Å². The summed E-state index contributed by atoms with van der Waals surface area (Å²) in [4.78, 5) is 49.3. The zero-order valence-corrected chi connectivity index (χ0v) is 16.7. The monoisotopic (exact) mass is 388 g/mol. The van der Waals surface area contributed by atoms with Crippen molar-refractivity contribution < 1.29 is 28.7 Å². The SMILES string of the molecule is CCCCCC1C2=C(CCC3=C(CC1CCCC)C(=O)OC3=O)C(=O)OC2=O. The highest BCUT2D eigenvalue weighted by atomic mass is 16.6. The van der Waals surface area contributed by atoms with Crippen molar-refractivity contribution in [2.24, 2.45) is 11.8 Å². The predicted octanol–water partition coefficient (Wildman–Crippen LogP) is 3.93. The summed E-state index contributed by atoms with van der Waals surface area (Å²) >= 11 is 0. The number of unbranched alkanes of at least 4 members (excludes halogenated alkanes) is 3. The van der Waals surface area contributed by atoms with Crippen LogP contribution < -0.4 is 0 Å². The molecule has 3 aliphatic rings. The molecule has 2 aliphatic heterocycles. The first kappa shape index (κ1) is 20.5. The molecule has 0 amide bonds. The van der Waals surface area contributed by atoms with Crippen LogP contribution in [0.3, 0.4) is 0 Å². The molecule has 0 aromatic carbocycles. The predicted molar refractivity (Wildman–Crippen MR) is 101 cm³/mol. The lowest BCUT2D eigenvalue weighted by atomic mass is 9.75. The Morgan fingerprint density at radius 3 is 2.04 bits per heavy atom. The smallest absolute Gasteiger partial charge is 0.342 e. The van der Waals surface area contributed by atoms with E-state index in [1.54, 1.807) is 0 Å². The van der Waals surface area contributed by atoms with Crippen LogP contribution in [-0.4, -0.2) is 23.9 Å². The van der Waals surface area contributed by atoms with Gasteiger partial charge >= 0.3 is 23.9 Å². The number of carbonyl (C=O) groups excluding carboxylic acids is 4. The van der Waals surface area contributed by atoms with Gasteiger partial charge in [0.15, 0.2) is 0 Å². The molecular formula is C22H28O6. The highest BCUT2D eigenvalue weighted by molar-refractivity contribution is 6.14. The van der Waals surface area contributed by atoms with Crippen molar-refractivity contribution >= 4 is 23.9 Å². The maximum absolute atomic E-state index is 12.6. The van der Waals surface area contributed by atoms with Crippen molar-refractivity contribution in [3.05, 3.63) is 22.3 Å². The fraction of sp³-hybridized carbons (Fsp3) is 0.636. The molecule has 152 valence electrons. The van der Waals surface area contributed by atoms with Gasteiger partial charge in [0.05, 0.1) is 5.57 Å². The van der Waals surface area contributed by atoms with Gasteiger partial charge in [0.25, 0.3) is 0 Å². The van der Waals surface area contributed by atoms with Crippen LogP contribution in [-0.2, 0) is 28.7 Å². The number of rotatable bonds is 7. The molecule has 1 aliphatic carbocycles. The van der Waals surface area contributed by atoms with Crippen LogP contribution in [0.1, 0.15) is 78.1 Å². The highest BCUT2D eigenvalue weighted by Gasteiger charge is 2.44. The average molecular weight is 388 g/mol. The first-order chi connectivity index (χ1) is 13.5. The molecule has 0 aromatic rings. The van der Waals surface area contributed by atoms with Gasteiger partial charge in [0.1, 0.15) is 0 Å². The van der Waals surface area contributed by atoms with Gasteiger partial charge in [0, 0.05) is 16.7 Å². The molecular weight excluding hydrogens is 360 g/mol. The van der Waals surface area contributed by atoms with Crippen molar-refractivity contribution in [2.45, 2.75) is 78.1 Å². The first-order valence-corrected chi connectivity index (χ1v) is 10.5. The van der Waals surface area contributed by atoms with Gasteiger partial charge in [-0.15, -0.1) is 0 Å². The molecule has 2 atom stereocenters. The summed E-state index contributed by atoms with van der Waals surface area (Å²) in [7, 11) is 0. The van der Waals surface area contributed by atoms with Crippen molar-refractivity contribution in [1.82, 2.24) is 0 Å². The first-order valence-electron chi connectivity index (χ1n) is 10.5. The molecule has 0 fully saturated rings. The number of ether oxygens (including phenoxy) is 2. The van der Waals surface area contributed by atoms with Gasteiger partial charge in [-0.3, -0.25) is 0 Å². The Balaban J connectivity index is 2.04. The number of carbonyl (C=O) groups is 4. The van der Waals surface area contributed by atoms with Gasteiger partial charge in [-0.2, -0.15) is 0 Å². The molecule has 0 saturated carbocycles. The highest BCUT2D eigenvalue weighted by Crippen LogP contribution is 2.43. The second-order valence-corrected chi connectivity index (χ2v) is 7.91. The maximum atomic E-state index is 12.6. The number of cyclic esters (lactones) is 4. The molecule has 2 unspecified atom stereocenters. The lowest BCUT2D eigenvalue weighted by molar-refractivity contribution is -0.153. The van der Waals surface area contributed by atoms with Crippen LogP contribution >= 0.6 is 0 Å². The van der Waals surface area contributed by atoms with E-state index in [1.807, 2.05) is 0 Å². The van der Waals surface area contributed by atoms with Gasteiger partial charge in [-0.1, -0.05) is 46.0 Å². The summed E-state index contributed by atoms with van der Waals surface area (Å²) in [6, 6.07) is 0. The largest absolute Gasteiger partial charge is 0.386 e. The molecule has 0 spiro atoms. The molecule has 28 heavy (non-hydrogen) atoms. The van der Waals surface area contributed by atoms with E-state index in [-0.39, 0.29) is 24.7 Å². The van der Waals surface area contributed by atoms with E-state index in [9.17, 15) is 19.2 Å². The average Bonchev–Trinajstić information content (AvgIpc) is 3.10. The van der Waals surface area contributed by atoms with E-state index in [0.29, 0.717) is 28.7 Å². The number of esters is 4. The minimum atomic E-state index is -0.612. The quantitative estimate of drug-likeness (QED) is 0.373. The standard InChI is InChI=1S/C22H28O6/c1-3-5-7-9-14-13(8-6-4-2)12-17-15(19(23)27-21(17)25)10-11-16-18(14)22(26)28-20(16)24/h13-14H,3-12H2,1-2H3. The summed E-state index contributed by atoms with van der Waals surface area (Å²) in [6.07, 6.45) is 7.43. The third-order valence-corrected chi connectivity index (χ3v) is 6.10. The van der Waals surface area contributed by atoms with Crippen molar-refractivity contribution in [3.63, 3.8) is 0 Å². The van der Waals surface area contributed by atoms with Crippen LogP contribution in [0, 0.1) is 11.8 Å². The van der Waals surface area contributed by atoms with Crippen LogP contribution in [0.15, 0.2) is 22.3 Å². The molecule has 0 saturated heterocycles. The zero-order chi connectivity index (χ0) is 20.3. The molecule has 0 radical (unpaired) electrons. The fourth-order valence-electron chi connectivity index (χ4n) is 4.61. The van der Waals surface area contributed by atoms with E-state index in [2.05, 4.69) is 13.8 Å². The van der Waals surface area contributed by atoms with E-state index >= 15 is 0 Å². The van der Waals surface area contributed by atoms with Gasteiger partial charge < -0.3 is 9.47 Å². The topological polar surface area (TPSA) is 86.7 Å². The fourth-order valence-corrected chi connectivity index (χ4v) is 4.61. The molecule has 0 N–H and O–H groups in total. The Morgan fingerprint density at radius 2 is 1.32 bits per heavy atom. The van der Waals surface area contributed by atoms with Crippen molar-refractivity contribution in [3.8, 4) is 0 Å². The Kier molecular flexibility index (Phi) is 6.47. The summed E-state index contributed by atoms with van der Waals surface area (Å²) in [5.74, 6) is -2.46. The second-order valence-electron chi connectivity index (χ2n) is 7.91. The van der Waals surface area contributed by atoms with Crippen LogP contribution in [0.4, 0.5) is 0 Å². The normalized spacial score (nSPS) is 25.2. The summed E-state index contributed by atoms with van der Waals surface area (Å²) in [5.41, 5.74) is 1.67. The summed E-state index contributed by atoms with van der Waals surface area (Å²) in [5, 5.41) is 0. The minimum absolute atomic E-state index is 0.00167. The molecule has 6 heteroatoms. The van der Waals surface area contributed by atoms with Crippen molar-refractivity contribution in [2.75, 3.05) is 0 Å². The van der Waals surface area contributed by atoms with Gasteiger partial charge in [-0.25, -0.2) is 19.2 Å². The maximum Gasteiger partial charge on any atom is 0.342 e. The number of hydrogen-bond donors (Lipinski definition) is 0. The third kappa shape index (κ3) is 3.96. The Hall–Kier alpha value is -2.24. The van der Waals surface area contributed by atoms with Crippen LogP contribution in [0.25, 0.3) is 0 Å². The van der Waals surface area contributed by atoms with Gasteiger partial charge in [0.2, 0.25) is 0 Å². The third-order valence-electron chi connectivity index (χ3n) is 6.10. The zero-order valence-electron chi connectivity index (χ0n) is 16.7. The van der Waals surface area contributed by atoms with Crippen molar-refractivity contribution in [1.29, 1.82) is 0 Å². The molecule has 0 aromatic heterocycles. The van der Waals surface area contributed by atoms with Crippen LogP contribution in [0.2, 0.25) is 0 Å². The molecule has 3 rings (SSSR count). The molecule has 6 nitrogen and oxygen atoms in total. The Morgan fingerprint density at radius 1 is 0.714 bits per heavy atom. The molecule has 0 bridgehead atoms.